The van der Waals surface area contributed by atoms with Crippen molar-refractivity contribution in [1.29, 1.82) is 0 Å². The highest BCUT2D eigenvalue weighted by atomic mass is 32.2. The predicted molar refractivity (Wildman–Crippen MR) is 361 cm³/mol. The van der Waals surface area contributed by atoms with Crippen LogP contribution in [0.1, 0.15) is 94.0 Å². The van der Waals surface area contributed by atoms with Crippen molar-refractivity contribution in [2.45, 2.75) is 169 Å². The number of aromatic nitrogens is 3. The monoisotopic (exact) mass is 1460 g/mol. The molecule has 4 aliphatic heterocycles. The van der Waals surface area contributed by atoms with E-state index in [1.54, 1.807) is 25.4 Å². The molecule has 13 atom stereocenters. The lowest BCUT2D eigenvalue weighted by molar-refractivity contribution is -0.433. The number of piperidine rings is 1. The molecule has 0 unspecified atom stereocenters. The van der Waals surface area contributed by atoms with Crippen molar-refractivity contribution < 1.29 is 108 Å². The molecule has 4 fully saturated rings. The number of hydrogen-bond acceptors (Lipinski definition) is 29. The maximum absolute atomic E-state index is 15.0. The smallest absolute Gasteiger partial charge is 0.261 e. The molecule has 4 aromatic rings. The number of phenols is 1. The van der Waals surface area contributed by atoms with Crippen LogP contribution in [0.15, 0.2) is 60.8 Å². The Bertz CT molecular complexity index is 3350. The van der Waals surface area contributed by atoms with Crippen LogP contribution in [0.3, 0.4) is 0 Å². The Labute approximate surface area is 590 Å². The summed E-state index contributed by atoms with van der Waals surface area (Å²) in [7, 11) is 1.72. The minimum Gasteiger partial charge on any atom is -0.504 e. The number of nitrogens with one attached hydrogen (secondary N) is 6. The van der Waals surface area contributed by atoms with Crippen LogP contribution in [0.2, 0.25) is 0 Å². The molecule has 8 rings (SSSR count). The lowest BCUT2D eigenvalue weighted by atomic mass is 9.98. The summed E-state index contributed by atoms with van der Waals surface area (Å²) in [6.45, 7) is 2.82. The Kier molecular flexibility index (Phi) is 30.5. The Balaban J connectivity index is 1.02. The number of benzene rings is 2. The molecular weight excluding hydrogens is 1360 g/mol. The molecule has 0 radical (unpaired) electrons. The Morgan fingerprint density at radius 2 is 1.43 bits per heavy atom. The van der Waals surface area contributed by atoms with Gasteiger partial charge in [-0.3, -0.25) is 33.6 Å². The van der Waals surface area contributed by atoms with E-state index in [1.165, 1.54) is 42.9 Å². The van der Waals surface area contributed by atoms with Crippen molar-refractivity contribution in [3.05, 3.63) is 71.9 Å². The number of methoxy groups -OCH3 is 1. The van der Waals surface area contributed by atoms with Crippen molar-refractivity contribution in [2.24, 2.45) is 5.92 Å². The Morgan fingerprint density at radius 1 is 0.762 bits per heavy atom. The summed E-state index contributed by atoms with van der Waals surface area (Å²) in [4.78, 5) is 111. The number of carbonyl (C=O) groups is 7. The third-order valence-corrected chi connectivity index (χ3v) is 19.5. The molecule has 0 aliphatic carbocycles. The number of aromatic hydroxyl groups is 1. The molecule has 36 heteroatoms. The van der Waals surface area contributed by atoms with E-state index in [4.69, 9.17) is 23.9 Å². The van der Waals surface area contributed by atoms with Gasteiger partial charge in [0.05, 0.1) is 62.0 Å². The number of rotatable bonds is 29. The number of pyridine rings is 1. The topological polar surface area (TPSA) is 489 Å². The van der Waals surface area contributed by atoms with Crippen LogP contribution < -0.4 is 41.0 Å². The predicted octanol–water partition coefficient (Wildman–Crippen LogP) is -1.80. The van der Waals surface area contributed by atoms with Gasteiger partial charge < -0.3 is 106 Å². The van der Waals surface area contributed by atoms with Crippen LogP contribution in [-0.2, 0) is 54.0 Å². The van der Waals surface area contributed by atoms with Gasteiger partial charge in [-0.15, -0.1) is 10.2 Å². The number of β-amino-alcohol motifs (C(OH)–C–C–N with tert-alkyl or cyclic N) is 1. The number of amides is 7. The van der Waals surface area contributed by atoms with Crippen LogP contribution in [-0.4, -0.2) is 275 Å². The first-order chi connectivity index (χ1) is 48.5. The van der Waals surface area contributed by atoms with E-state index < -0.39 is 184 Å². The highest BCUT2D eigenvalue weighted by Gasteiger charge is 2.50. The van der Waals surface area contributed by atoms with Crippen LogP contribution >= 0.6 is 23.7 Å². The number of nitrogens with zero attached hydrogens (tertiary/aromatic N) is 6. The molecule has 4 aliphatic rings. The summed E-state index contributed by atoms with van der Waals surface area (Å²) in [5.41, 5.74) is 1.42. The second kappa shape index (κ2) is 38.8. The van der Waals surface area contributed by atoms with Crippen molar-refractivity contribution >= 4 is 70.8 Å². The SMILES string of the molecule is COCCCCCCCOC1CCN(c2ccc(-c3nnc(-c4ccc(C(=O)N[C@H]5C[C@@H](O)CNC(=O)[C@@H]6[C@@H](O)[C@@H](C)CN6C(=O)[C@H]([C@H](O)CCNC(CO)CO)NC(=O)[C@H]([C@H](O)Cc6ccc(O)c(OSOOO)c6)NC(=O)[C@@H]6C[C@@H](O)CN6C(=O)[C@H]([C@@H](C)O)NC5=O)cc4)s3)cn2)CC1. The van der Waals surface area contributed by atoms with E-state index in [0.29, 0.717) is 15.6 Å². The molecule has 7 amide bonds. The number of anilines is 1. The van der Waals surface area contributed by atoms with Crippen LogP contribution in [0.25, 0.3) is 21.1 Å². The molecule has 0 bridgehead atoms. The van der Waals surface area contributed by atoms with Crippen molar-refractivity contribution in [1.82, 2.24) is 56.9 Å². The van der Waals surface area contributed by atoms with E-state index in [1.807, 2.05) is 12.1 Å². The van der Waals surface area contributed by atoms with Gasteiger partial charge in [0.2, 0.25) is 35.4 Å². The average molecular weight is 1460 g/mol. The zero-order chi connectivity index (χ0) is 72.9. The van der Waals surface area contributed by atoms with E-state index in [2.05, 4.69) is 56.4 Å². The van der Waals surface area contributed by atoms with Crippen molar-refractivity contribution in [3.8, 4) is 32.6 Å². The van der Waals surface area contributed by atoms with Gasteiger partial charge in [-0.2, -0.15) is 0 Å². The molecule has 101 heavy (non-hydrogen) atoms. The van der Waals surface area contributed by atoms with Gasteiger partial charge in [0.1, 0.15) is 52.1 Å². The number of unbranched alkanes of at least 4 members (excludes halogenated alkanes) is 4. The molecule has 556 valence electrons. The number of fused-ring (bicyclic) bond motifs is 2. The summed E-state index contributed by atoms with van der Waals surface area (Å²) < 4.78 is 20.7. The van der Waals surface area contributed by atoms with Crippen LogP contribution in [0.4, 0.5) is 5.82 Å². The third kappa shape index (κ3) is 21.8. The highest BCUT2D eigenvalue weighted by molar-refractivity contribution is 7.90. The van der Waals surface area contributed by atoms with Gasteiger partial charge in [0.15, 0.2) is 11.5 Å². The lowest BCUT2D eigenvalue weighted by Crippen LogP contribution is -2.64. The summed E-state index contributed by atoms with van der Waals surface area (Å²) >= 11 is 1.35. The maximum atomic E-state index is 15.0. The first-order valence-corrected chi connectivity index (χ1v) is 35.0. The molecular formula is C65H92N12O22S2. The largest absolute Gasteiger partial charge is 0.504 e. The lowest BCUT2D eigenvalue weighted by Gasteiger charge is -2.34. The minimum absolute atomic E-state index is 0.00445. The second-order valence-electron chi connectivity index (χ2n) is 25.6. The fraction of sp³-hybridized carbons (Fsp3) is 0.600. The Morgan fingerprint density at radius 3 is 2.10 bits per heavy atom. The number of ether oxygens (including phenoxy) is 2. The zero-order valence-electron chi connectivity index (χ0n) is 56.2. The molecule has 16 N–H and O–H groups in total. The van der Waals surface area contributed by atoms with E-state index >= 15 is 4.79 Å². The third-order valence-electron chi connectivity index (χ3n) is 18.1. The van der Waals surface area contributed by atoms with Crippen molar-refractivity contribution in [2.75, 3.05) is 77.7 Å². The zero-order valence-corrected chi connectivity index (χ0v) is 57.8. The molecule has 0 saturated carbocycles. The summed E-state index contributed by atoms with van der Waals surface area (Å²) in [6.07, 6.45) is -3.38. The molecule has 6 heterocycles. The standard InChI is InChI=1S/C65H92N12O22S2/c1-35-31-77-55(56(35)86)61(91)68-30-42(81)27-45(69-57(87)38-10-12-39(13-11-38)62-73-74-63(100-62)40-14-16-51(67-29-40)75-21-18-44(19-22-75)96-24-8-6-4-5-7-23-95-3)58(88)70-52(36(2)80)64(92)76-32-43(82)28-46(76)59(89)71-53(49(85)25-37-9-15-47(83)50(26-37)97-101-99-98-94)60(90)72-54(65(77)93)48(84)17-20-66-41(33-78)34-79/h9-16,26,29,35-36,41-46,48-49,52-56,66,78-86,94H,4-8,17-25,27-28,30-34H2,1-3H3,(H,68,91)(H,69,87)(H,70,88)(H,71,89)(H,72,90)/t35-,36+,42+,43+,45-,46-,48+,49+,52-,53-,54-,55-,56-/m0/s1. The quantitative estimate of drug-likeness (QED) is 0.0123. The second-order valence-corrected chi connectivity index (χ2v) is 27.0. The summed E-state index contributed by atoms with van der Waals surface area (Å²) in [6, 6.07) is 1.15. The summed E-state index contributed by atoms with van der Waals surface area (Å²) in [5, 5.41) is 136. The van der Waals surface area contributed by atoms with E-state index in [9.17, 15) is 74.7 Å². The number of aliphatic hydroxyl groups is 8. The number of hydrogen-bond donors (Lipinski definition) is 16. The molecule has 0 spiro atoms. The van der Waals surface area contributed by atoms with Gasteiger partial charge in [0.25, 0.3) is 18.2 Å². The van der Waals surface area contributed by atoms with Gasteiger partial charge in [0, 0.05) is 101 Å². The number of carbonyl (C=O) groups excluding carboxylic acids is 7. The highest BCUT2D eigenvalue weighted by Crippen LogP contribution is 2.34. The van der Waals surface area contributed by atoms with Crippen LogP contribution in [0, 0.1) is 5.92 Å². The first kappa shape index (κ1) is 79.3. The number of phenolic OH excluding ortho intramolecular Hbond substituents is 1. The molecule has 34 nitrogen and oxygen atoms in total. The number of aliphatic hydroxyl groups excluding tert-OH is 8. The van der Waals surface area contributed by atoms with Crippen molar-refractivity contribution in [3.63, 3.8) is 0 Å². The molecule has 2 aromatic carbocycles. The normalized spacial score (nSPS) is 24.8. The summed E-state index contributed by atoms with van der Waals surface area (Å²) in [5.74, 6) is -8.82. The fourth-order valence-corrected chi connectivity index (χ4v) is 13.5. The van der Waals surface area contributed by atoms with Crippen LogP contribution in [0.5, 0.6) is 11.5 Å². The Hall–Kier alpha value is -7.37. The maximum Gasteiger partial charge on any atom is 0.261 e. The van der Waals surface area contributed by atoms with E-state index in [-0.39, 0.29) is 48.4 Å². The van der Waals surface area contributed by atoms with Gasteiger partial charge in [-0.05, 0) is 87.5 Å². The van der Waals surface area contributed by atoms with Gasteiger partial charge >= 0.3 is 0 Å². The van der Waals surface area contributed by atoms with Gasteiger partial charge in [-0.1, -0.05) is 65.1 Å². The fourth-order valence-electron chi connectivity index (χ4n) is 12.4. The van der Waals surface area contributed by atoms with Gasteiger partial charge in [-0.25, -0.2) is 10.2 Å². The van der Waals surface area contributed by atoms with E-state index in [0.717, 1.165) is 105 Å². The minimum atomic E-state index is -2.17. The molecule has 2 aromatic heterocycles. The average Bonchev–Trinajstić information content (AvgIpc) is 1.69. The first-order valence-electron chi connectivity index (χ1n) is 33.6. The molecule has 4 saturated heterocycles.